The number of benzene rings is 2. The van der Waals surface area contributed by atoms with Gasteiger partial charge in [-0.25, -0.2) is 23.7 Å². The predicted octanol–water partition coefficient (Wildman–Crippen LogP) is 5.57. The average molecular weight is 479 g/mol. The topological polar surface area (TPSA) is 75.5 Å². The van der Waals surface area contributed by atoms with E-state index in [0.717, 1.165) is 12.1 Å². The van der Waals surface area contributed by atoms with E-state index in [4.69, 9.17) is 16.3 Å². The summed E-state index contributed by atoms with van der Waals surface area (Å²) >= 11 is 6.16. The van der Waals surface area contributed by atoms with Crippen molar-refractivity contribution in [3.63, 3.8) is 0 Å². The SMILES string of the molecule is CNc1nccc(-c2cccnc2Oc2ccc(N3Cc4c(F)ccc(F)c4C(Cl)=N3)cc2)n1. The van der Waals surface area contributed by atoms with Gasteiger partial charge >= 0.3 is 0 Å². The zero-order valence-corrected chi connectivity index (χ0v) is 18.6. The minimum atomic E-state index is -0.606. The molecule has 0 saturated heterocycles. The summed E-state index contributed by atoms with van der Waals surface area (Å²) < 4.78 is 34.4. The van der Waals surface area contributed by atoms with E-state index in [2.05, 4.69) is 25.4 Å². The predicted molar refractivity (Wildman–Crippen MR) is 126 cm³/mol. The van der Waals surface area contributed by atoms with E-state index < -0.39 is 11.6 Å². The van der Waals surface area contributed by atoms with Gasteiger partial charge in [0.2, 0.25) is 11.8 Å². The van der Waals surface area contributed by atoms with Crippen LogP contribution in [0.2, 0.25) is 0 Å². The van der Waals surface area contributed by atoms with Crippen molar-refractivity contribution in [2.45, 2.75) is 6.54 Å². The van der Waals surface area contributed by atoms with Crippen molar-refractivity contribution in [3.05, 3.63) is 89.8 Å². The van der Waals surface area contributed by atoms with Gasteiger partial charge in [-0.3, -0.25) is 5.01 Å². The molecule has 3 heterocycles. The lowest BCUT2D eigenvalue weighted by Crippen LogP contribution is -2.25. The van der Waals surface area contributed by atoms with Crippen LogP contribution in [-0.2, 0) is 6.54 Å². The van der Waals surface area contributed by atoms with Gasteiger partial charge in [-0.05, 0) is 54.6 Å². The van der Waals surface area contributed by atoms with E-state index in [0.29, 0.717) is 34.5 Å². The molecular formula is C24H17ClF2N6O. The molecule has 34 heavy (non-hydrogen) atoms. The Morgan fingerprint density at radius 2 is 1.76 bits per heavy atom. The molecule has 2 aromatic heterocycles. The fraction of sp³-hybridized carbons (Fsp3) is 0.0833. The van der Waals surface area contributed by atoms with Crippen molar-refractivity contribution in [1.82, 2.24) is 15.0 Å². The van der Waals surface area contributed by atoms with Crippen LogP contribution in [0.15, 0.2) is 72.1 Å². The van der Waals surface area contributed by atoms with Crippen LogP contribution in [0, 0.1) is 11.6 Å². The first-order valence-electron chi connectivity index (χ1n) is 10.3. The van der Waals surface area contributed by atoms with Crippen LogP contribution in [0.1, 0.15) is 11.1 Å². The van der Waals surface area contributed by atoms with Gasteiger partial charge in [0.1, 0.15) is 17.4 Å². The lowest BCUT2D eigenvalue weighted by Gasteiger charge is -2.26. The average Bonchev–Trinajstić information content (AvgIpc) is 2.87. The number of anilines is 2. The van der Waals surface area contributed by atoms with E-state index in [1.807, 2.05) is 6.07 Å². The van der Waals surface area contributed by atoms with E-state index in [-0.39, 0.29) is 22.8 Å². The smallest absolute Gasteiger partial charge is 0.228 e. The maximum atomic E-state index is 14.3. The Morgan fingerprint density at radius 3 is 2.56 bits per heavy atom. The summed E-state index contributed by atoms with van der Waals surface area (Å²) in [5.74, 6) is 0.238. The van der Waals surface area contributed by atoms with Crippen LogP contribution in [0.5, 0.6) is 11.6 Å². The van der Waals surface area contributed by atoms with Crippen LogP contribution >= 0.6 is 11.6 Å². The number of hydrogen-bond donors (Lipinski definition) is 1. The van der Waals surface area contributed by atoms with Crippen LogP contribution < -0.4 is 15.1 Å². The third-order valence-corrected chi connectivity index (χ3v) is 5.47. The minimum Gasteiger partial charge on any atom is -0.438 e. The van der Waals surface area contributed by atoms with Crippen molar-refractivity contribution < 1.29 is 13.5 Å². The highest BCUT2D eigenvalue weighted by Gasteiger charge is 2.25. The molecule has 0 fully saturated rings. The Bertz CT molecular complexity index is 1400. The Morgan fingerprint density at radius 1 is 0.971 bits per heavy atom. The van der Waals surface area contributed by atoms with E-state index in [1.54, 1.807) is 55.8 Å². The number of nitrogens with one attached hydrogen (secondary N) is 1. The molecule has 0 atom stereocenters. The number of nitrogens with zero attached hydrogens (tertiary/aromatic N) is 5. The number of ether oxygens (including phenoxy) is 1. The largest absolute Gasteiger partial charge is 0.438 e. The molecular weight excluding hydrogens is 462 g/mol. The Balaban J connectivity index is 1.40. The Labute approximate surface area is 198 Å². The van der Waals surface area contributed by atoms with Gasteiger partial charge in [0.15, 0.2) is 5.17 Å². The summed E-state index contributed by atoms with van der Waals surface area (Å²) in [6.07, 6.45) is 3.28. The van der Waals surface area contributed by atoms with Crippen molar-refractivity contribution in [1.29, 1.82) is 0 Å². The number of halogens is 3. The number of pyridine rings is 1. The Hall–Kier alpha value is -4.11. The van der Waals surface area contributed by atoms with Gasteiger partial charge in [-0.2, -0.15) is 5.10 Å². The summed E-state index contributed by atoms with van der Waals surface area (Å²) in [5.41, 5.74) is 2.14. The zero-order chi connectivity index (χ0) is 23.7. The first kappa shape index (κ1) is 21.7. The first-order chi connectivity index (χ1) is 16.5. The zero-order valence-electron chi connectivity index (χ0n) is 17.8. The third kappa shape index (κ3) is 4.13. The monoisotopic (exact) mass is 478 g/mol. The number of aromatic nitrogens is 3. The lowest BCUT2D eigenvalue weighted by atomic mass is 10.1. The molecule has 10 heteroatoms. The number of hydrogen-bond acceptors (Lipinski definition) is 7. The number of fused-ring (bicyclic) bond motifs is 1. The van der Waals surface area contributed by atoms with Gasteiger partial charge in [0, 0.05) is 25.0 Å². The van der Waals surface area contributed by atoms with Crippen LogP contribution in [0.25, 0.3) is 11.3 Å². The van der Waals surface area contributed by atoms with Gasteiger partial charge in [-0.15, -0.1) is 0 Å². The van der Waals surface area contributed by atoms with Gasteiger partial charge < -0.3 is 10.1 Å². The number of hydrazone groups is 1. The highest BCUT2D eigenvalue weighted by Crippen LogP contribution is 2.33. The van der Waals surface area contributed by atoms with Gasteiger partial charge in [-0.1, -0.05) is 11.6 Å². The maximum Gasteiger partial charge on any atom is 0.228 e. The molecule has 1 N–H and O–H groups in total. The second kappa shape index (κ2) is 9.03. The van der Waals surface area contributed by atoms with E-state index >= 15 is 0 Å². The maximum absolute atomic E-state index is 14.3. The van der Waals surface area contributed by atoms with E-state index in [9.17, 15) is 8.78 Å². The summed E-state index contributed by atoms with van der Waals surface area (Å²) in [6.45, 7) is 0.0429. The second-order valence-electron chi connectivity index (χ2n) is 7.30. The molecule has 1 aliphatic rings. The lowest BCUT2D eigenvalue weighted by molar-refractivity contribution is 0.464. The summed E-state index contributed by atoms with van der Waals surface area (Å²) in [7, 11) is 1.74. The van der Waals surface area contributed by atoms with Crippen molar-refractivity contribution >= 4 is 28.4 Å². The molecule has 0 amide bonds. The van der Waals surface area contributed by atoms with Gasteiger partial charge in [0.25, 0.3) is 0 Å². The summed E-state index contributed by atoms with van der Waals surface area (Å²) in [6, 6.07) is 14.5. The van der Waals surface area contributed by atoms with Crippen LogP contribution in [0.3, 0.4) is 0 Å². The quantitative estimate of drug-likeness (QED) is 0.404. The third-order valence-electron chi connectivity index (χ3n) is 5.20. The summed E-state index contributed by atoms with van der Waals surface area (Å²) in [4.78, 5) is 12.9. The minimum absolute atomic E-state index is 0.00768. The molecule has 0 aliphatic carbocycles. The van der Waals surface area contributed by atoms with Crippen molar-refractivity contribution in [3.8, 4) is 22.9 Å². The first-order valence-corrected chi connectivity index (χ1v) is 10.6. The summed E-state index contributed by atoms with van der Waals surface area (Å²) in [5, 5.41) is 8.52. The molecule has 0 radical (unpaired) electrons. The molecule has 0 bridgehead atoms. The fourth-order valence-electron chi connectivity index (χ4n) is 3.56. The van der Waals surface area contributed by atoms with Crippen LogP contribution in [-0.4, -0.2) is 27.2 Å². The van der Waals surface area contributed by atoms with Crippen molar-refractivity contribution in [2.75, 3.05) is 17.4 Å². The molecule has 170 valence electrons. The van der Waals surface area contributed by atoms with Crippen LogP contribution in [0.4, 0.5) is 20.4 Å². The van der Waals surface area contributed by atoms with E-state index in [1.165, 1.54) is 5.01 Å². The highest BCUT2D eigenvalue weighted by molar-refractivity contribution is 6.70. The molecule has 0 saturated carbocycles. The van der Waals surface area contributed by atoms with Gasteiger partial charge in [0.05, 0.1) is 29.1 Å². The molecule has 2 aromatic carbocycles. The highest BCUT2D eigenvalue weighted by atomic mass is 35.5. The second-order valence-corrected chi connectivity index (χ2v) is 7.66. The molecule has 5 rings (SSSR count). The standard InChI is InChI=1S/C24H17ClF2N6O/c1-28-24-30-12-10-20(31-24)16-3-2-11-29-23(16)34-15-6-4-14(5-7-15)33-13-17-18(26)8-9-19(27)21(17)22(25)32-33/h2-12H,13H2,1H3,(H,28,30,31). The molecule has 0 spiro atoms. The normalized spacial score (nSPS) is 12.7. The fourth-order valence-corrected chi connectivity index (χ4v) is 3.85. The number of rotatable bonds is 5. The van der Waals surface area contributed by atoms with Crippen molar-refractivity contribution in [2.24, 2.45) is 5.10 Å². The molecule has 7 nitrogen and oxygen atoms in total. The molecule has 0 unspecified atom stereocenters. The molecule has 1 aliphatic heterocycles. The molecule has 4 aromatic rings. The Kier molecular flexibility index (Phi) is 5.77.